The van der Waals surface area contributed by atoms with Gasteiger partial charge in [0.1, 0.15) is 29.5 Å². The summed E-state index contributed by atoms with van der Waals surface area (Å²) in [5.41, 5.74) is 4.48. The van der Waals surface area contributed by atoms with E-state index in [-0.39, 0.29) is 11.4 Å². The van der Waals surface area contributed by atoms with Crippen molar-refractivity contribution in [1.29, 1.82) is 0 Å². The highest BCUT2D eigenvalue weighted by Gasteiger charge is 2.46. The Morgan fingerprint density at radius 3 is 2.68 bits per heavy atom. The zero-order valence-corrected chi connectivity index (χ0v) is 23.5. The average Bonchev–Trinajstić information content (AvgIpc) is 3.45. The van der Waals surface area contributed by atoms with Gasteiger partial charge in [-0.25, -0.2) is 8.42 Å². The van der Waals surface area contributed by atoms with Crippen LogP contribution in [0.4, 0.5) is 5.69 Å². The molecule has 0 saturated carbocycles. The van der Waals surface area contributed by atoms with Crippen molar-refractivity contribution in [1.82, 2.24) is 20.1 Å². The maximum Gasteiger partial charge on any atom is 0.272 e. The number of rotatable bonds is 7. The van der Waals surface area contributed by atoms with Crippen molar-refractivity contribution in [3.63, 3.8) is 0 Å². The van der Waals surface area contributed by atoms with Crippen molar-refractivity contribution in [2.75, 3.05) is 17.3 Å². The molecule has 0 radical (unpaired) electrons. The molecule has 2 N–H and O–H groups in total. The predicted molar refractivity (Wildman–Crippen MR) is 153 cm³/mol. The number of aryl methyl sites for hydroxylation is 2. The molecular formula is C30H29N5O5S. The molecule has 0 fully saturated rings. The Morgan fingerprint density at radius 1 is 1.15 bits per heavy atom. The summed E-state index contributed by atoms with van der Waals surface area (Å²) in [4.78, 5) is 30.8. The van der Waals surface area contributed by atoms with Crippen LogP contribution in [0.1, 0.15) is 39.2 Å². The van der Waals surface area contributed by atoms with Crippen LogP contribution in [0.3, 0.4) is 0 Å². The van der Waals surface area contributed by atoms with Gasteiger partial charge in [0.2, 0.25) is 5.91 Å². The number of hydrogen-bond acceptors (Lipinski definition) is 7. The predicted octanol–water partition coefficient (Wildman–Crippen LogP) is 3.40. The van der Waals surface area contributed by atoms with Gasteiger partial charge < -0.3 is 15.4 Å². The Morgan fingerprint density at radius 2 is 1.95 bits per heavy atom. The summed E-state index contributed by atoms with van der Waals surface area (Å²) in [6.45, 7) is 2.70. The number of fused-ring (bicyclic) bond motifs is 3. The number of benzene rings is 2. The molecule has 2 amide bonds. The summed E-state index contributed by atoms with van der Waals surface area (Å²) < 4.78 is 31.1. The van der Waals surface area contributed by atoms with Gasteiger partial charge in [-0.15, -0.1) is 0 Å². The summed E-state index contributed by atoms with van der Waals surface area (Å²) in [7, 11) is -3.59. The van der Waals surface area contributed by atoms with Crippen LogP contribution in [0.15, 0.2) is 66.9 Å². The fraction of sp³-hybridized carbons (Fsp3) is 0.267. The van der Waals surface area contributed by atoms with Gasteiger partial charge in [-0.3, -0.25) is 19.3 Å². The molecule has 10 nitrogen and oxygen atoms in total. The van der Waals surface area contributed by atoms with E-state index in [9.17, 15) is 18.0 Å². The van der Waals surface area contributed by atoms with Crippen molar-refractivity contribution in [3.8, 4) is 17.1 Å². The maximum atomic E-state index is 13.7. The summed E-state index contributed by atoms with van der Waals surface area (Å²) in [5.74, 6) is -1.12. The second kappa shape index (κ2) is 10.2. The Kier molecular flexibility index (Phi) is 6.61. The number of carbonyl (C=O) groups is 2. The minimum Gasteiger partial charge on any atom is -0.489 e. The number of aromatic nitrogens is 3. The molecule has 2 aromatic heterocycles. The maximum absolute atomic E-state index is 13.7. The smallest absolute Gasteiger partial charge is 0.272 e. The lowest BCUT2D eigenvalue weighted by molar-refractivity contribution is -0.113. The fourth-order valence-corrected chi connectivity index (χ4v) is 6.10. The first kappa shape index (κ1) is 26.7. The number of carbonyl (C=O) groups excluding carboxylic acids is 2. The summed E-state index contributed by atoms with van der Waals surface area (Å²) in [6.07, 6.45) is 4.07. The lowest BCUT2D eigenvalue weighted by Crippen LogP contribution is -2.52. The van der Waals surface area contributed by atoms with Gasteiger partial charge >= 0.3 is 0 Å². The lowest BCUT2D eigenvalue weighted by atomic mass is 9.89. The molecular weight excluding hydrogens is 542 g/mol. The van der Waals surface area contributed by atoms with Crippen LogP contribution in [0, 0.1) is 6.92 Å². The first-order chi connectivity index (χ1) is 19.6. The third-order valence-electron chi connectivity index (χ3n) is 7.41. The quantitative estimate of drug-likeness (QED) is 0.348. The van der Waals surface area contributed by atoms with E-state index in [1.54, 1.807) is 16.9 Å². The molecule has 2 aliphatic rings. The first-order valence-electron chi connectivity index (χ1n) is 13.2. The lowest BCUT2D eigenvalue weighted by Gasteiger charge is -2.36. The molecule has 11 heteroatoms. The SMILES string of the molecule is Cc1ccc(-c2nn3c(c2NC(=O)CS(C)(=O)=O)C(=O)NC2(CCc4cc(OCc5ccccc5)ccc42)C3)nc1. The number of amides is 2. The van der Waals surface area contributed by atoms with Crippen molar-refractivity contribution >= 4 is 27.3 Å². The van der Waals surface area contributed by atoms with Crippen LogP contribution < -0.4 is 15.4 Å². The van der Waals surface area contributed by atoms with Crippen LogP contribution in [0.2, 0.25) is 0 Å². The largest absolute Gasteiger partial charge is 0.489 e. The third kappa shape index (κ3) is 5.32. The Bertz CT molecular complexity index is 1770. The number of hydrogen-bond donors (Lipinski definition) is 2. The topological polar surface area (TPSA) is 132 Å². The molecule has 3 heterocycles. The zero-order valence-electron chi connectivity index (χ0n) is 22.7. The van der Waals surface area contributed by atoms with Crippen molar-refractivity contribution in [2.45, 2.75) is 38.5 Å². The van der Waals surface area contributed by atoms with E-state index in [4.69, 9.17) is 9.84 Å². The molecule has 1 aliphatic heterocycles. The first-order valence-corrected chi connectivity index (χ1v) is 15.3. The molecule has 0 saturated heterocycles. The summed E-state index contributed by atoms with van der Waals surface area (Å²) in [6, 6.07) is 19.5. The van der Waals surface area contributed by atoms with E-state index in [0.717, 1.165) is 40.7 Å². The summed E-state index contributed by atoms with van der Waals surface area (Å²) >= 11 is 0. The number of pyridine rings is 1. The van der Waals surface area contributed by atoms with E-state index in [2.05, 4.69) is 15.6 Å². The molecule has 0 bridgehead atoms. The van der Waals surface area contributed by atoms with Gasteiger partial charge in [0.25, 0.3) is 5.91 Å². The van der Waals surface area contributed by atoms with Crippen LogP contribution >= 0.6 is 0 Å². The highest BCUT2D eigenvalue weighted by molar-refractivity contribution is 7.91. The van der Waals surface area contributed by atoms with Crippen LogP contribution in [-0.4, -0.2) is 47.0 Å². The molecule has 2 aromatic carbocycles. The minimum absolute atomic E-state index is 0.144. The van der Waals surface area contributed by atoms with Gasteiger partial charge in [-0.05, 0) is 60.2 Å². The Labute approximate surface area is 237 Å². The van der Waals surface area contributed by atoms with Gasteiger partial charge in [0, 0.05) is 12.5 Å². The molecule has 1 aliphatic carbocycles. The molecule has 41 heavy (non-hydrogen) atoms. The van der Waals surface area contributed by atoms with E-state index >= 15 is 0 Å². The van der Waals surface area contributed by atoms with Crippen molar-refractivity contribution in [3.05, 3.63) is 94.8 Å². The van der Waals surface area contributed by atoms with Crippen LogP contribution in [0.25, 0.3) is 11.4 Å². The van der Waals surface area contributed by atoms with E-state index < -0.39 is 32.9 Å². The minimum atomic E-state index is -3.59. The monoisotopic (exact) mass is 571 g/mol. The standard InChI is InChI=1S/C30H29N5O5S/c1-19-8-11-24(31-15-19)26-27(32-25(36)17-41(2,38)39)28-29(37)33-30(18-35(28)34-26)13-12-21-14-22(9-10-23(21)30)40-16-20-6-4-3-5-7-20/h3-11,14-15H,12-13,16-18H2,1-2H3,(H,32,36)(H,33,37). The normalized spacial score (nSPS) is 17.6. The van der Waals surface area contributed by atoms with Crippen LogP contribution in [-0.2, 0) is 39.7 Å². The average molecular weight is 572 g/mol. The van der Waals surface area contributed by atoms with E-state index in [0.29, 0.717) is 31.0 Å². The molecule has 4 aromatic rings. The summed E-state index contributed by atoms with van der Waals surface area (Å²) in [5, 5.41) is 10.5. The molecule has 1 spiro atoms. The number of nitrogens with one attached hydrogen (secondary N) is 2. The van der Waals surface area contributed by atoms with Gasteiger partial charge in [0.15, 0.2) is 15.5 Å². The number of ether oxygens (including phenoxy) is 1. The number of sulfone groups is 1. The Balaban J connectivity index is 1.33. The van der Waals surface area contributed by atoms with Gasteiger partial charge in [-0.2, -0.15) is 5.10 Å². The third-order valence-corrected chi connectivity index (χ3v) is 8.20. The second-order valence-electron chi connectivity index (χ2n) is 10.7. The van der Waals surface area contributed by atoms with Gasteiger partial charge in [-0.1, -0.05) is 42.5 Å². The molecule has 6 rings (SSSR count). The fourth-order valence-electron chi connectivity index (χ4n) is 5.55. The number of anilines is 1. The number of nitrogens with zero attached hydrogens (tertiary/aromatic N) is 3. The van der Waals surface area contributed by atoms with Gasteiger partial charge in [0.05, 0.1) is 17.8 Å². The molecule has 1 atom stereocenters. The second-order valence-corrected chi connectivity index (χ2v) is 12.8. The molecule has 1 unspecified atom stereocenters. The Hall–Kier alpha value is -4.51. The van der Waals surface area contributed by atoms with E-state index in [1.165, 1.54) is 0 Å². The van der Waals surface area contributed by atoms with E-state index in [1.807, 2.05) is 61.5 Å². The van der Waals surface area contributed by atoms with Crippen molar-refractivity contribution in [2.24, 2.45) is 0 Å². The molecule has 210 valence electrons. The highest BCUT2D eigenvalue weighted by Crippen LogP contribution is 2.43. The van der Waals surface area contributed by atoms with Crippen LogP contribution in [0.5, 0.6) is 5.75 Å². The highest BCUT2D eigenvalue weighted by atomic mass is 32.2. The van der Waals surface area contributed by atoms with Crippen molar-refractivity contribution < 1.29 is 22.7 Å². The zero-order chi connectivity index (χ0) is 28.8.